The fourth-order valence-electron chi connectivity index (χ4n) is 1.81. The first-order valence-corrected chi connectivity index (χ1v) is 6.55. The molecular formula is C11H15N3O2S. The summed E-state index contributed by atoms with van der Waals surface area (Å²) in [5, 5.41) is 10.4. The Morgan fingerprint density at radius 2 is 2.29 bits per heavy atom. The summed E-state index contributed by atoms with van der Waals surface area (Å²) in [6.45, 7) is 4.12. The predicted octanol–water partition coefficient (Wildman–Crippen LogP) is 0.925. The quantitative estimate of drug-likeness (QED) is 0.641. The summed E-state index contributed by atoms with van der Waals surface area (Å²) in [6.07, 6.45) is 3.47. The molecule has 0 unspecified atom stereocenters. The van der Waals surface area contributed by atoms with Gasteiger partial charge in [0.25, 0.3) is 5.91 Å². The molecule has 0 aromatic carbocycles. The number of amides is 1. The summed E-state index contributed by atoms with van der Waals surface area (Å²) in [5.41, 5.74) is 0.402. The van der Waals surface area contributed by atoms with Crippen molar-refractivity contribution in [3.8, 4) is 0 Å². The topological polar surface area (TPSA) is 66.3 Å². The van der Waals surface area contributed by atoms with E-state index in [1.54, 1.807) is 24.9 Å². The first-order valence-electron chi connectivity index (χ1n) is 5.32. The second kappa shape index (κ2) is 4.27. The van der Waals surface area contributed by atoms with Gasteiger partial charge in [0.2, 0.25) is 0 Å². The van der Waals surface area contributed by atoms with E-state index in [0.29, 0.717) is 23.8 Å². The minimum absolute atomic E-state index is 0.102. The number of thioether (sulfide) groups is 1. The van der Waals surface area contributed by atoms with Crippen molar-refractivity contribution in [1.29, 1.82) is 0 Å². The molecule has 0 bridgehead atoms. The number of aromatic nitrogens is 2. The van der Waals surface area contributed by atoms with Crippen molar-refractivity contribution in [2.45, 2.75) is 31.1 Å². The van der Waals surface area contributed by atoms with Gasteiger partial charge in [-0.3, -0.25) is 4.79 Å². The van der Waals surface area contributed by atoms with Crippen LogP contribution in [0.3, 0.4) is 0 Å². The molecular weight excluding hydrogens is 238 g/mol. The maximum absolute atomic E-state index is 12.0. The number of hydrogen-bond acceptors (Lipinski definition) is 5. The van der Waals surface area contributed by atoms with E-state index in [2.05, 4.69) is 9.97 Å². The molecule has 0 saturated carbocycles. The second-order valence-electron chi connectivity index (χ2n) is 4.69. The summed E-state index contributed by atoms with van der Waals surface area (Å²) < 4.78 is 0. The minimum Gasteiger partial charge on any atom is -0.389 e. The predicted molar refractivity (Wildman–Crippen MR) is 64.9 cm³/mol. The number of β-amino-alcohol motifs (C(OH)–C–C–N with tert-alkyl or cyclic N) is 1. The Hall–Kier alpha value is -1.14. The van der Waals surface area contributed by atoms with Gasteiger partial charge in [0.15, 0.2) is 5.16 Å². The van der Waals surface area contributed by atoms with Crippen molar-refractivity contribution >= 4 is 17.7 Å². The molecule has 6 heteroatoms. The van der Waals surface area contributed by atoms with Crippen LogP contribution in [-0.2, 0) is 6.54 Å². The van der Waals surface area contributed by atoms with Crippen LogP contribution in [0.5, 0.6) is 0 Å². The zero-order valence-corrected chi connectivity index (χ0v) is 10.9. The van der Waals surface area contributed by atoms with E-state index < -0.39 is 5.60 Å². The smallest absolute Gasteiger partial charge is 0.257 e. The van der Waals surface area contributed by atoms with Crippen LogP contribution in [0.25, 0.3) is 0 Å². The van der Waals surface area contributed by atoms with Gasteiger partial charge in [0, 0.05) is 12.7 Å². The van der Waals surface area contributed by atoms with Gasteiger partial charge in [-0.1, -0.05) is 11.8 Å². The van der Waals surface area contributed by atoms with E-state index in [4.69, 9.17) is 0 Å². The highest BCUT2D eigenvalue weighted by Gasteiger charge is 2.32. The van der Waals surface area contributed by atoms with E-state index in [1.165, 1.54) is 11.8 Å². The summed E-state index contributed by atoms with van der Waals surface area (Å²) in [6, 6.07) is 0. The molecule has 0 radical (unpaired) electrons. The van der Waals surface area contributed by atoms with E-state index in [0.717, 1.165) is 5.69 Å². The standard InChI is InChI=1S/C11H15N3O2S/c1-11(2,16)6-14-5-8-7(9(14)15)4-12-10(13-8)17-3/h4,16H,5-6H2,1-3H3. The molecule has 0 fully saturated rings. The van der Waals surface area contributed by atoms with Crippen molar-refractivity contribution in [1.82, 2.24) is 14.9 Å². The largest absolute Gasteiger partial charge is 0.389 e. The Bertz CT molecular complexity index is 457. The van der Waals surface area contributed by atoms with Gasteiger partial charge in [0.05, 0.1) is 23.4 Å². The third-order valence-electron chi connectivity index (χ3n) is 2.46. The number of fused-ring (bicyclic) bond motifs is 1. The molecule has 1 aromatic rings. The summed E-state index contributed by atoms with van der Waals surface area (Å²) >= 11 is 1.45. The fraction of sp³-hybridized carbons (Fsp3) is 0.545. The van der Waals surface area contributed by atoms with Gasteiger partial charge < -0.3 is 10.0 Å². The van der Waals surface area contributed by atoms with Crippen LogP contribution in [0.2, 0.25) is 0 Å². The van der Waals surface area contributed by atoms with E-state index in [-0.39, 0.29) is 5.91 Å². The molecule has 1 aromatic heterocycles. The van der Waals surface area contributed by atoms with E-state index in [1.807, 2.05) is 6.26 Å². The van der Waals surface area contributed by atoms with Crippen LogP contribution >= 0.6 is 11.8 Å². The monoisotopic (exact) mass is 253 g/mol. The second-order valence-corrected chi connectivity index (χ2v) is 5.46. The molecule has 1 aliphatic rings. The lowest BCUT2D eigenvalue weighted by Crippen LogP contribution is -2.38. The summed E-state index contributed by atoms with van der Waals surface area (Å²) in [5.74, 6) is -0.102. The first-order chi connectivity index (χ1) is 7.90. The molecule has 0 atom stereocenters. The van der Waals surface area contributed by atoms with Crippen LogP contribution in [0.1, 0.15) is 29.9 Å². The van der Waals surface area contributed by atoms with Crippen LogP contribution in [0.15, 0.2) is 11.4 Å². The van der Waals surface area contributed by atoms with E-state index in [9.17, 15) is 9.90 Å². The lowest BCUT2D eigenvalue weighted by atomic mass is 10.1. The minimum atomic E-state index is -0.895. The molecule has 1 aliphatic heterocycles. The molecule has 17 heavy (non-hydrogen) atoms. The molecule has 2 rings (SSSR count). The van der Waals surface area contributed by atoms with Crippen LogP contribution in [0.4, 0.5) is 0 Å². The molecule has 5 nitrogen and oxygen atoms in total. The van der Waals surface area contributed by atoms with Crippen molar-refractivity contribution in [2.24, 2.45) is 0 Å². The first kappa shape index (κ1) is 12.3. The maximum atomic E-state index is 12.0. The van der Waals surface area contributed by atoms with Gasteiger partial charge >= 0.3 is 0 Å². The number of carbonyl (C=O) groups is 1. The van der Waals surface area contributed by atoms with Gasteiger partial charge in [-0.15, -0.1) is 0 Å². The highest BCUT2D eigenvalue weighted by Crippen LogP contribution is 2.23. The van der Waals surface area contributed by atoms with Gasteiger partial charge in [-0.2, -0.15) is 0 Å². The zero-order chi connectivity index (χ0) is 12.6. The lowest BCUT2D eigenvalue weighted by molar-refractivity contribution is 0.0312. The molecule has 0 saturated heterocycles. The fourth-order valence-corrected chi connectivity index (χ4v) is 2.17. The highest BCUT2D eigenvalue weighted by atomic mass is 32.2. The number of carbonyl (C=O) groups excluding carboxylic acids is 1. The molecule has 92 valence electrons. The van der Waals surface area contributed by atoms with Gasteiger partial charge in [0.1, 0.15) is 0 Å². The molecule has 0 aliphatic carbocycles. The third-order valence-corrected chi connectivity index (χ3v) is 3.03. The van der Waals surface area contributed by atoms with Crippen molar-refractivity contribution in [2.75, 3.05) is 12.8 Å². The Morgan fingerprint density at radius 1 is 1.59 bits per heavy atom. The number of aliphatic hydroxyl groups is 1. The Balaban J connectivity index is 2.23. The van der Waals surface area contributed by atoms with Crippen molar-refractivity contribution < 1.29 is 9.90 Å². The average molecular weight is 253 g/mol. The van der Waals surface area contributed by atoms with Crippen molar-refractivity contribution in [3.63, 3.8) is 0 Å². The molecule has 1 N–H and O–H groups in total. The molecule has 2 heterocycles. The summed E-state index contributed by atoms with van der Waals surface area (Å²) in [4.78, 5) is 22.0. The number of rotatable bonds is 3. The van der Waals surface area contributed by atoms with Crippen LogP contribution in [-0.4, -0.2) is 44.3 Å². The Kier molecular flexibility index (Phi) is 3.09. The zero-order valence-electron chi connectivity index (χ0n) is 10.1. The maximum Gasteiger partial charge on any atom is 0.257 e. The van der Waals surface area contributed by atoms with Crippen LogP contribution < -0.4 is 0 Å². The molecule has 1 amide bonds. The highest BCUT2D eigenvalue weighted by molar-refractivity contribution is 7.98. The Morgan fingerprint density at radius 3 is 2.88 bits per heavy atom. The molecule has 0 spiro atoms. The summed E-state index contributed by atoms with van der Waals surface area (Å²) in [7, 11) is 0. The number of nitrogens with zero attached hydrogens (tertiary/aromatic N) is 3. The van der Waals surface area contributed by atoms with Crippen molar-refractivity contribution in [3.05, 3.63) is 17.5 Å². The third kappa shape index (κ3) is 2.58. The van der Waals surface area contributed by atoms with Crippen LogP contribution in [0, 0.1) is 0 Å². The average Bonchev–Trinajstić information content (AvgIpc) is 2.53. The SMILES string of the molecule is CSc1ncc2c(n1)CN(CC(C)(C)O)C2=O. The number of hydrogen-bond donors (Lipinski definition) is 1. The van der Waals surface area contributed by atoms with E-state index >= 15 is 0 Å². The lowest BCUT2D eigenvalue weighted by Gasteiger charge is -2.24. The van der Waals surface area contributed by atoms with Gasteiger partial charge in [-0.25, -0.2) is 9.97 Å². The Labute approximate surface area is 104 Å². The normalized spacial score (nSPS) is 15.3. The van der Waals surface area contributed by atoms with Gasteiger partial charge in [-0.05, 0) is 20.1 Å².